The van der Waals surface area contributed by atoms with Gasteiger partial charge in [-0.15, -0.1) is 0 Å². The lowest BCUT2D eigenvalue weighted by Gasteiger charge is -2.12. The average molecular weight is 256 g/mol. The Kier molecular flexibility index (Phi) is 5.27. The Hall–Kier alpha value is -1.24. The topological polar surface area (TPSA) is 92.4 Å². The van der Waals surface area contributed by atoms with Crippen LogP contribution in [0.5, 0.6) is 0 Å². The first-order chi connectivity index (χ1) is 8.04. The normalized spacial score (nSPS) is 14.1. The van der Waals surface area contributed by atoms with Gasteiger partial charge in [-0.2, -0.15) is 0 Å². The highest BCUT2D eigenvalue weighted by Crippen LogP contribution is 2.08. The van der Waals surface area contributed by atoms with Crippen LogP contribution < -0.4 is 11.1 Å². The molecule has 0 aromatic heterocycles. The minimum absolute atomic E-state index is 0.196. The molecule has 1 aromatic rings. The Bertz CT molecular complexity index is 423. The van der Waals surface area contributed by atoms with Gasteiger partial charge in [0, 0.05) is 5.56 Å². The third kappa shape index (κ3) is 4.26. The van der Waals surface area contributed by atoms with E-state index in [0.29, 0.717) is 12.0 Å². The van der Waals surface area contributed by atoms with E-state index >= 15 is 0 Å². The number of nitrogens with two attached hydrogens (primary N) is 1. The van der Waals surface area contributed by atoms with Gasteiger partial charge in [0.05, 0.1) is 11.1 Å². The lowest BCUT2D eigenvalue weighted by atomic mass is 10.2. The van der Waals surface area contributed by atoms with Gasteiger partial charge in [0.2, 0.25) is 0 Å². The average Bonchev–Trinajstić information content (AvgIpc) is 2.29. The van der Waals surface area contributed by atoms with Gasteiger partial charge in [-0.05, 0) is 24.6 Å². The van der Waals surface area contributed by atoms with Crippen LogP contribution >= 0.6 is 0 Å². The van der Waals surface area contributed by atoms with Gasteiger partial charge in [0.25, 0.3) is 5.91 Å². The molecule has 0 saturated carbocycles. The van der Waals surface area contributed by atoms with Crippen molar-refractivity contribution >= 4 is 17.0 Å². The van der Waals surface area contributed by atoms with Crippen LogP contribution in [-0.4, -0.2) is 20.8 Å². The fraction of sp³-hybridized carbons (Fsp3) is 0.364. The molecule has 0 fully saturated rings. The molecule has 0 aliphatic rings. The SMILES string of the molecule is CCCC(N)NC(=O)c1cccc(S(=O)O)c1. The van der Waals surface area contributed by atoms with E-state index in [1.807, 2.05) is 6.92 Å². The van der Waals surface area contributed by atoms with Crippen molar-refractivity contribution in [1.29, 1.82) is 0 Å². The number of carbonyl (C=O) groups excluding carboxylic acids is 1. The maximum Gasteiger partial charge on any atom is 0.252 e. The van der Waals surface area contributed by atoms with Crippen molar-refractivity contribution in [2.45, 2.75) is 30.8 Å². The Balaban J connectivity index is 2.75. The van der Waals surface area contributed by atoms with Gasteiger partial charge in [-0.3, -0.25) is 4.79 Å². The smallest absolute Gasteiger partial charge is 0.252 e. The Morgan fingerprint density at radius 1 is 1.59 bits per heavy atom. The first-order valence-electron chi connectivity index (χ1n) is 5.32. The summed E-state index contributed by atoms with van der Waals surface area (Å²) in [5.74, 6) is -0.335. The highest BCUT2D eigenvalue weighted by atomic mass is 32.2. The molecular formula is C11H16N2O3S. The summed E-state index contributed by atoms with van der Waals surface area (Å²) in [6, 6.07) is 6.00. The quantitative estimate of drug-likeness (QED) is 0.543. The molecule has 17 heavy (non-hydrogen) atoms. The summed E-state index contributed by atoms with van der Waals surface area (Å²) >= 11 is -2.08. The van der Waals surface area contributed by atoms with Crippen LogP contribution in [-0.2, 0) is 11.1 Å². The van der Waals surface area contributed by atoms with Crippen molar-refractivity contribution in [1.82, 2.24) is 5.32 Å². The molecule has 1 aromatic carbocycles. The standard InChI is InChI=1S/C11H16N2O3S/c1-2-4-10(12)13-11(14)8-5-3-6-9(7-8)17(15)16/h3,5-7,10H,2,4,12H2,1H3,(H,13,14)(H,15,16). The molecule has 6 heteroatoms. The summed E-state index contributed by atoms with van der Waals surface area (Å²) in [7, 11) is 0. The van der Waals surface area contributed by atoms with Crippen LogP contribution in [0, 0.1) is 0 Å². The molecular weight excluding hydrogens is 240 g/mol. The molecule has 0 heterocycles. The van der Waals surface area contributed by atoms with E-state index in [1.165, 1.54) is 12.1 Å². The molecule has 1 rings (SSSR count). The zero-order chi connectivity index (χ0) is 12.8. The van der Waals surface area contributed by atoms with E-state index in [2.05, 4.69) is 5.32 Å². The van der Waals surface area contributed by atoms with Crippen LogP contribution in [0.2, 0.25) is 0 Å². The number of hydrogen-bond acceptors (Lipinski definition) is 3. The van der Waals surface area contributed by atoms with Gasteiger partial charge in [-0.25, -0.2) is 4.21 Å². The molecule has 0 aliphatic carbocycles. The van der Waals surface area contributed by atoms with Gasteiger partial charge < -0.3 is 15.6 Å². The lowest BCUT2D eigenvalue weighted by Crippen LogP contribution is -2.41. The lowest BCUT2D eigenvalue weighted by molar-refractivity contribution is 0.0936. The fourth-order valence-corrected chi connectivity index (χ4v) is 1.80. The number of hydrogen-bond donors (Lipinski definition) is 3. The van der Waals surface area contributed by atoms with Crippen LogP contribution in [0.25, 0.3) is 0 Å². The van der Waals surface area contributed by atoms with E-state index in [1.54, 1.807) is 12.1 Å². The van der Waals surface area contributed by atoms with Crippen molar-refractivity contribution < 1.29 is 13.6 Å². The molecule has 0 spiro atoms. The number of rotatable bonds is 5. The maximum atomic E-state index is 11.7. The zero-order valence-corrected chi connectivity index (χ0v) is 10.4. The molecule has 0 bridgehead atoms. The monoisotopic (exact) mass is 256 g/mol. The van der Waals surface area contributed by atoms with E-state index < -0.39 is 17.2 Å². The molecule has 1 amide bonds. The summed E-state index contributed by atoms with van der Waals surface area (Å²) in [6.45, 7) is 1.97. The Morgan fingerprint density at radius 2 is 2.29 bits per heavy atom. The van der Waals surface area contributed by atoms with Crippen molar-refractivity contribution in [3.05, 3.63) is 29.8 Å². The summed E-state index contributed by atoms with van der Waals surface area (Å²) in [6.07, 6.45) is 1.18. The number of amides is 1. The van der Waals surface area contributed by atoms with Gasteiger partial charge in [0.15, 0.2) is 11.1 Å². The van der Waals surface area contributed by atoms with Gasteiger partial charge >= 0.3 is 0 Å². The summed E-state index contributed by atoms with van der Waals surface area (Å²) in [4.78, 5) is 11.9. The summed E-state index contributed by atoms with van der Waals surface area (Å²) in [5.41, 5.74) is 6.01. The second kappa shape index (κ2) is 6.48. The van der Waals surface area contributed by atoms with Crippen LogP contribution in [0.15, 0.2) is 29.2 Å². The largest absolute Gasteiger partial charge is 0.337 e. The second-order valence-electron chi connectivity index (χ2n) is 3.65. The van der Waals surface area contributed by atoms with E-state index in [-0.39, 0.29) is 10.8 Å². The predicted molar refractivity (Wildman–Crippen MR) is 65.8 cm³/mol. The van der Waals surface area contributed by atoms with Crippen LogP contribution in [0.1, 0.15) is 30.1 Å². The Labute approximate surface area is 103 Å². The molecule has 5 nitrogen and oxygen atoms in total. The van der Waals surface area contributed by atoms with Crippen LogP contribution in [0.4, 0.5) is 0 Å². The fourth-order valence-electron chi connectivity index (χ4n) is 1.38. The summed E-state index contributed by atoms with van der Waals surface area (Å²) in [5, 5.41) is 2.62. The summed E-state index contributed by atoms with van der Waals surface area (Å²) < 4.78 is 19.8. The second-order valence-corrected chi connectivity index (χ2v) is 4.62. The van der Waals surface area contributed by atoms with Crippen molar-refractivity contribution in [2.24, 2.45) is 5.73 Å². The molecule has 0 aliphatic heterocycles. The van der Waals surface area contributed by atoms with Crippen molar-refractivity contribution in [3.63, 3.8) is 0 Å². The van der Waals surface area contributed by atoms with Gasteiger partial charge in [-0.1, -0.05) is 19.4 Å². The molecule has 0 saturated heterocycles. The van der Waals surface area contributed by atoms with Crippen LogP contribution in [0.3, 0.4) is 0 Å². The van der Waals surface area contributed by atoms with Crippen molar-refractivity contribution in [3.8, 4) is 0 Å². The van der Waals surface area contributed by atoms with Gasteiger partial charge in [0.1, 0.15) is 0 Å². The maximum absolute atomic E-state index is 11.7. The minimum atomic E-state index is -2.08. The molecule has 0 radical (unpaired) electrons. The minimum Gasteiger partial charge on any atom is -0.337 e. The third-order valence-corrected chi connectivity index (χ3v) is 2.87. The molecule has 2 unspecified atom stereocenters. The highest BCUT2D eigenvalue weighted by Gasteiger charge is 2.10. The van der Waals surface area contributed by atoms with E-state index in [9.17, 15) is 9.00 Å². The molecule has 2 atom stereocenters. The molecule has 94 valence electrons. The van der Waals surface area contributed by atoms with Crippen molar-refractivity contribution in [2.75, 3.05) is 0 Å². The van der Waals surface area contributed by atoms with E-state index in [0.717, 1.165) is 6.42 Å². The first kappa shape index (κ1) is 13.8. The first-order valence-corrected chi connectivity index (χ1v) is 6.42. The number of benzene rings is 1. The highest BCUT2D eigenvalue weighted by molar-refractivity contribution is 7.79. The van der Waals surface area contributed by atoms with E-state index in [4.69, 9.17) is 10.3 Å². The number of carbonyl (C=O) groups is 1. The third-order valence-electron chi connectivity index (χ3n) is 2.21. The molecule has 4 N–H and O–H groups in total. The number of nitrogens with one attached hydrogen (secondary N) is 1. The zero-order valence-electron chi connectivity index (χ0n) is 9.55. The Morgan fingerprint density at radius 3 is 2.88 bits per heavy atom. The predicted octanol–water partition coefficient (Wildman–Crippen LogP) is 1.08.